The molecule has 0 aliphatic rings. The molecule has 3 N–H and O–H groups in total. The first kappa shape index (κ1) is 15.1. The fraction of sp³-hybridized carbons (Fsp3) is 0.538. The molecule has 1 aromatic rings. The lowest BCUT2D eigenvalue weighted by Crippen LogP contribution is -2.40. The van der Waals surface area contributed by atoms with Crippen molar-refractivity contribution in [3.63, 3.8) is 0 Å². The van der Waals surface area contributed by atoms with E-state index in [1.165, 1.54) is 0 Å². The second kappa shape index (κ2) is 5.82. The van der Waals surface area contributed by atoms with Crippen LogP contribution in [0.4, 0.5) is 0 Å². The highest BCUT2D eigenvalue weighted by molar-refractivity contribution is 7.89. The van der Waals surface area contributed by atoms with E-state index in [9.17, 15) is 8.42 Å². The third-order valence-electron chi connectivity index (χ3n) is 2.34. The van der Waals surface area contributed by atoms with E-state index >= 15 is 0 Å². The predicted octanol–water partition coefficient (Wildman–Crippen LogP) is 1.65. The summed E-state index contributed by atoms with van der Waals surface area (Å²) in [5, 5.41) is 0. The van der Waals surface area contributed by atoms with Crippen LogP contribution in [-0.4, -0.2) is 20.5 Å². The number of benzene rings is 1. The fourth-order valence-electron chi connectivity index (χ4n) is 1.60. The summed E-state index contributed by atoms with van der Waals surface area (Å²) < 4.78 is 26.7. The van der Waals surface area contributed by atoms with E-state index in [4.69, 9.17) is 5.73 Å². The Balaban J connectivity index is 2.84. The van der Waals surface area contributed by atoms with Crippen LogP contribution in [0, 0.1) is 0 Å². The van der Waals surface area contributed by atoms with Gasteiger partial charge in [0.1, 0.15) is 0 Å². The Labute approximate surface area is 110 Å². The van der Waals surface area contributed by atoms with E-state index in [1.54, 1.807) is 12.1 Å². The van der Waals surface area contributed by atoms with Crippen LogP contribution in [0.1, 0.15) is 32.8 Å². The van der Waals surface area contributed by atoms with Crippen LogP contribution in [-0.2, 0) is 16.4 Å². The molecule has 1 rings (SSSR count). The van der Waals surface area contributed by atoms with Crippen LogP contribution in [0.3, 0.4) is 0 Å². The minimum Gasteiger partial charge on any atom is -0.330 e. The number of sulfonamides is 1. The van der Waals surface area contributed by atoms with Crippen molar-refractivity contribution in [1.82, 2.24) is 4.72 Å². The summed E-state index contributed by atoms with van der Waals surface area (Å²) in [7, 11) is -3.43. The molecule has 0 spiro atoms. The number of hydrogen-bond donors (Lipinski definition) is 2. The lowest BCUT2D eigenvalue weighted by atomic mass is 10.1. The molecule has 102 valence electrons. The molecule has 0 saturated carbocycles. The monoisotopic (exact) mass is 270 g/mol. The zero-order valence-corrected chi connectivity index (χ0v) is 12.0. The Morgan fingerprint density at radius 3 is 2.17 bits per heavy atom. The van der Waals surface area contributed by atoms with E-state index in [2.05, 4.69) is 4.72 Å². The molecule has 0 atom stereocenters. The highest BCUT2D eigenvalue weighted by Gasteiger charge is 2.21. The smallest absolute Gasteiger partial charge is 0.241 e. The standard InChI is InChI=1S/C13H22N2O2S/c1-13(2,3)15-18(16,17)12-8-6-11(7-9-12)5-4-10-14/h6-9,15H,4-5,10,14H2,1-3H3. The van der Waals surface area contributed by atoms with Crippen molar-refractivity contribution < 1.29 is 8.42 Å². The number of aryl methyl sites for hydroxylation is 1. The molecule has 0 bridgehead atoms. The fourth-order valence-corrected chi connectivity index (χ4v) is 3.02. The molecule has 0 radical (unpaired) electrons. The molecular formula is C13H22N2O2S. The minimum atomic E-state index is -3.43. The predicted molar refractivity (Wildman–Crippen MR) is 73.9 cm³/mol. The van der Waals surface area contributed by atoms with Gasteiger partial charge in [0, 0.05) is 5.54 Å². The molecule has 5 heteroatoms. The van der Waals surface area contributed by atoms with Gasteiger partial charge in [0.05, 0.1) is 4.90 Å². The molecule has 0 heterocycles. The Kier molecular flexibility index (Phi) is 4.90. The van der Waals surface area contributed by atoms with Crippen LogP contribution in [0.2, 0.25) is 0 Å². The maximum Gasteiger partial charge on any atom is 0.241 e. The zero-order valence-electron chi connectivity index (χ0n) is 11.2. The number of rotatable bonds is 5. The van der Waals surface area contributed by atoms with Crippen LogP contribution in [0.25, 0.3) is 0 Å². The van der Waals surface area contributed by atoms with E-state index in [1.807, 2.05) is 32.9 Å². The van der Waals surface area contributed by atoms with E-state index in [0.29, 0.717) is 11.4 Å². The van der Waals surface area contributed by atoms with Crippen molar-refractivity contribution in [1.29, 1.82) is 0 Å². The maximum absolute atomic E-state index is 12.0. The molecule has 0 aliphatic carbocycles. The summed E-state index contributed by atoms with van der Waals surface area (Å²) in [6.45, 7) is 6.10. The van der Waals surface area contributed by atoms with Crippen molar-refractivity contribution >= 4 is 10.0 Å². The third kappa shape index (κ3) is 4.76. The first-order valence-electron chi connectivity index (χ1n) is 6.07. The Hall–Kier alpha value is -0.910. The van der Waals surface area contributed by atoms with Crippen LogP contribution >= 0.6 is 0 Å². The maximum atomic E-state index is 12.0. The van der Waals surface area contributed by atoms with Gasteiger partial charge in [-0.25, -0.2) is 13.1 Å². The molecule has 0 aliphatic heterocycles. The molecule has 0 aromatic heterocycles. The average Bonchev–Trinajstić information content (AvgIpc) is 2.23. The lowest BCUT2D eigenvalue weighted by Gasteiger charge is -2.20. The lowest BCUT2D eigenvalue weighted by molar-refractivity contribution is 0.491. The zero-order chi connectivity index (χ0) is 13.8. The molecule has 0 amide bonds. The molecule has 1 aromatic carbocycles. The summed E-state index contributed by atoms with van der Waals surface area (Å²) >= 11 is 0. The van der Waals surface area contributed by atoms with Crippen LogP contribution < -0.4 is 10.5 Å². The summed E-state index contributed by atoms with van der Waals surface area (Å²) in [5.41, 5.74) is 6.07. The Morgan fingerprint density at radius 2 is 1.72 bits per heavy atom. The van der Waals surface area contributed by atoms with E-state index in [-0.39, 0.29) is 0 Å². The van der Waals surface area contributed by atoms with Gasteiger partial charge in [-0.2, -0.15) is 0 Å². The van der Waals surface area contributed by atoms with Gasteiger partial charge in [0.25, 0.3) is 0 Å². The first-order chi connectivity index (χ1) is 8.24. The molecule has 0 fully saturated rings. The topological polar surface area (TPSA) is 72.2 Å². The van der Waals surface area contributed by atoms with Crippen LogP contribution in [0.15, 0.2) is 29.2 Å². The van der Waals surface area contributed by atoms with Crippen LogP contribution in [0.5, 0.6) is 0 Å². The summed E-state index contributed by atoms with van der Waals surface area (Å²) in [4.78, 5) is 0.300. The second-order valence-corrected chi connectivity index (χ2v) is 7.07. The summed E-state index contributed by atoms with van der Waals surface area (Å²) in [6, 6.07) is 6.96. The third-order valence-corrected chi connectivity index (χ3v) is 4.12. The summed E-state index contributed by atoms with van der Waals surface area (Å²) in [6.07, 6.45) is 1.79. The molecule has 4 nitrogen and oxygen atoms in total. The van der Waals surface area contributed by atoms with Gasteiger partial charge in [-0.05, 0) is 57.9 Å². The number of nitrogens with two attached hydrogens (primary N) is 1. The van der Waals surface area contributed by atoms with Crippen molar-refractivity contribution in [3.8, 4) is 0 Å². The second-order valence-electron chi connectivity index (χ2n) is 5.39. The van der Waals surface area contributed by atoms with Gasteiger partial charge in [-0.1, -0.05) is 12.1 Å². The van der Waals surface area contributed by atoms with Gasteiger partial charge in [0.2, 0.25) is 10.0 Å². The highest BCUT2D eigenvalue weighted by Crippen LogP contribution is 2.14. The van der Waals surface area contributed by atoms with Gasteiger partial charge < -0.3 is 5.73 Å². The molecule has 0 unspecified atom stereocenters. The van der Waals surface area contributed by atoms with Crippen molar-refractivity contribution in [2.75, 3.05) is 6.54 Å². The minimum absolute atomic E-state index is 0.300. The van der Waals surface area contributed by atoms with Crippen molar-refractivity contribution in [2.24, 2.45) is 5.73 Å². The largest absolute Gasteiger partial charge is 0.330 e. The number of nitrogens with one attached hydrogen (secondary N) is 1. The molecule has 18 heavy (non-hydrogen) atoms. The summed E-state index contributed by atoms with van der Waals surface area (Å²) in [5.74, 6) is 0. The quantitative estimate of drug-likeness (QED) is 0.854. The van der Waals surface area contributed by atoms with E-state index in [0.717, 1.165) is 18.4 Å². The normalized spacial score (nSPS) is 12.7. The number of hydrogen-bond acceptors (Lipinski definition) is 3. The van der Waals surface area contributed by atoms with Gasteiger partial charge in [-0.15, -0.1) is 0 Å². The van der Waals surface area contributed by atoms with E-state index < -0.39 is 15.6 Å². The SMILES string of the molecule is CC(C)(C)NS(=O)(=O)c1ccc(CCCN)cc1. The Morgan fingerprint density at radius 1 is 1.17 bits per heavy atom. The average molecular weight is 270 g/mol. The van der Waals surface area contributed by atoms with Gasteiger partial charge in [0.15, 0.2) is 0 Å². The molecule has 0 saturated heterocycles. The van der Waals surface area contributed by atoms with Crippen molar-refractivity contribution in [2.45, 2.75) is 44.0 Å². The van der Waals surface area contributed by atoms with Gasteiger partial charge in [-0.3, -0.25) is 0 Å². The molecular weight excluding hydrogens is 248 g/mol. The Bertz CT molecular complexity index is 473. The highest BCUT2D eigenvalue weighted by atomic mass is 32.2. The first-order valence-corrected chi connectivity index (χ1v) is 7.56. The van der Waals surface area contributed by atoms with Gasteiger partial charge >= 0.3 is 0 Å². The van der Waals surface area contributed by atoms with Crippen molar-refractivity contribution in [3.05, 3.63) is 29.8 Å².